The zero-order valence-corrected chi connectivity index (χ0v) is 15.3. The van der Waals surface area contributed by atoms with E-state index in [9.17, 15) is 0 Å². The van der Waals surface area contributed by atoms with E-state index in [2.05, 4.69) is 54.6 Å². The van der Waals surface area contributed by atoms with E-state index < -0.39 is 0 Å². The zero-order valence-electron chi connectivity index (χ0n) is 14.5. The molecule has 2 heterocycles. The van der Waals surface area contributed by atoms with E-state index >= 15 is 0 Å². The van der Waals surface area contributed by atoms with Crippen molar-refractivity contribution in [3.05, 3.63) is 53.2 Å². The molecule has 0 saturated heterocycles. The van der Waals surface area contributed by atoms with Crippen LogP contribution in [0.15, 0.2) is 36.5 Å². The molecular formula is C19H23N3OS. The van der Waals surface area contributed by atoms with Crippen LogP contribution in [0.5, 0.6) is 5.75 Å². The molecule has 4 nitrogen and oxygen atoms in total. The van der Waals surface area contributed by atoms with Crippen LogP contribution in [-0.2, 0) is 0 Å². The number of aromatic nitrogens is 1. The van der Waals surface area contributed by atoms with Crippen molar-refractivity contribution >= 4 is 23.1 Å². The van der Waals surface area contributed by atoms with Gasteiger partial charge in [-0.05, 0) is 63.2 Å². The highest BCUT2D eigenvalue weighted by atomic mass is 32.1. The molecule has 24 heavy (non-hydrogen) atoms. The Labute approximate surface area is 148 Å². The minimum Gasteiger partial charge on any atom is -0.487 e. The van der Waals surface area contributed by atoms with Gasteiger partial charge >= 0.3 is 0 Å². The van der Waals surface area contributed by atoms with Crippen LogP contribution in [0.3, 0.4) is 0 Å². The molecule has 0 saturated carbocycles. The van der Waals surface area contributed by atoms with Crippen LogP contribution in [0.1, 0.15) is 43.0 Å². The number of hydrogen-bond donors (Lipinski definition) is 2. The summed E-state index contributed by atoms with van der Waals surface area (Å²) < 4.78 is 6.13. The molecule has 1 aromatic heterocycles. The van der Waals surface area contributed by atoms with Crippen molar-refractivity contribution in [2.45, 2.75) is 45.8 Å². The third kappa shape index (κ3) is 3.67. The predicted molar refractivity (Wildman–Crippen MR) is 102 cm³/mol. The number of nitrogens with one attached hydrogen (secondary N) is 2. The topological polar surface area (TPSA) is 46.2 Å². The van der Waals surface area contributed by atoms with Gasteiger partial charge in [0.05, 0.1) is 6.04 Å². The van der Waals surface area contributed by atoms with Gasteiger partial charge in [-0.15, -0.1) is 0 Å². The molecule has 1 aliphatic heterocycles. The summed E-state index contributed by atoms with van der Waals surface area (Å²) in [6, 6.07) is 10.3. The van der Waals surface area contributed by atoms with E-state index in [1.165, 1.54) is 5.56 Å². The molecule has 0 aliphatic carbocycles. The van der Waals surface area contributed by atoms with Gasteiger partial charge < -0.3 is 15.4 Å². The highest BCUT2D eigenvalue weighted by molar-refractivity contribution is 7.80. The van der Waals surface area contributed by atoms with Crippen molar-refractivity contribution < 1.29 is 4.74 Å². The standard InChI is InChI=1S/C19H23N3OS/c1-12-7-8-14-15(11-19(3,4)23-16(14)10-12)21-18(24)22-17-13(2)6-5-9-20-17/h5-10,15H,11H2,1-4H3,(H2,20,21,22,24)/t15-/m0/s1. The average Bonchev–Trinajstić information content (AvgIpc) is 2.48. The molecule has 2 aromatic rings. The summed E-state index contributed by atoms with van der Waals surface area (Å²) in [5, 5.41) is 7.20. The highest BCUT2D eigenvalue weighted by Gasteiger charge is 2.34. The third-order valence-electron chi connectivity index (χ3n) is 4.17. The second-order valence-corrected chi connectivity index (χ2v) is 7.34. The maximum Gasteiger partial charge on any atom is 0.172 e. The molecule has 3 rings (SSSR count). The molecule has 126 valence electrons. The number of thiocarbonyl (C=S) groups is 1. The Bertz CT molecular complexity index is 773. The van der Waals surface area contributed by atoms with Gasteiger partial charge in [-0.1, -0.05) is 18.2 Å². The van der Waals surface area contributed by atoms with Gasteiger partial charge in [0.2, 0.25) is 0 Å². The summed E-state index contributed by atoms with van der Waals surface area (Å²) >= 11 is 5.50. The highest BCUT2D eigenvalue weighted by Crippen LogP contribution is 2.39. The fourth-order valence-electron chi connectivity index (χ4n) is 3.01. The quantitative estimate of drug-likeness (QED) is 0.798. The van der Waals surface area contributed by atoms with Crippen LogP contribution in [0.25, 0.3) is 0 Å². The normalized spacial score (nSPS) is 18.2. The minimum absolute atomic E-state index is 0.105. The summed E-state index contributed by atoms with van der Waals surface area (Å²) in [6.07, 6.45) is 2.60. The second kappa shape index (κ2) is 6.40. The summed E-state index contributed by atoms with van der Waals surface area (Å²) in [5.74, 6) is 1.71. The van der Waals surface area contributed by atoms with Crippen molar-refractivity contribution in [3.63, 3.8) is 0 Å². The minimum atomic E-state index is -0.241. The predicted octanol–water partition coefficient (Wildman–Crippen LogP) is 4.29. The number of ether oxygens (including phenoxy) is 1. The molecule has 0 spiro atoms. The van der Waals surface area contributed by atoms with E-state index in [1.54, 1.807) is 6.20 Å². The SMILES string of the molecule is Cc1ccc2c(c1)OC(C)(C)C[C@@H]2NC(=S)Nc1ncccc1C. The Morgan fingerprint density at radius 3 is 2.83 bits per heavy atom. The Morgan fingerprint density at radius 2 is 2.08 bits per heavy atom. The largest absolute Gasteiger partial charge is 0.487 e. The molecule has 0 fully saturated rings. The Morgan fingerprint density at radius 1 is 1.29 bits per heavy atom. The fourth-order valence-corrected chi connectivity index (χ4v) is 3.24. The van der Waals surface area contributed by atoms with Crippen LogP contribution in [0.4, 0.5) is 5.82 Å². The van der Waals surface area contributed by atoms with Crippen LogP contribution in [0.2, 0.25) is 0 Å². The number of pyridine rings is 1. The maximum atomic E-state index is 6.13. The summed E-state index contributed by atoms with van der Waals surface area (Å²) in [6.45, 7) is 8.29. The van der Waals surface area contributed by atoms with Gasteiger partial charge in [0, 0.05) is 18.2 Å². The van der Waals surface area contributed by atoms with Crippen LogP contribution in [0, 0.1) is 13.8 Å². The van der Waals surface area contributed by atoms with Crippen molar-refractivity contribution in [3.8, 4) is 5.75 Å². The number of aryl methyl sites for hydroxylation is 2. The molecule has 0 radical (unpaired) electrons. The Kier molecular flexibility index (Phi) is 4.45. The second-order valence-electron chi connectivity index (χ2n) is 6.93. The molecule has 1 aromatic carbocycles. The van der Waals surface area contributed by atoms with E-state index in [-0.39, 0.29) is 11.6 Å². The lowest BCUT2D eigenvalue weighted by atomic mass is 9.89. The molecule has 0 bridgehead atoms. The van der Waals surface area contributed by atoms with Gasteiger partial charge in [-0.3, -0.25) is 0 Å². The van der Waals surface area contributed by atoms with Crippen molar-refractivity contribution in [1.29, 1.82) is 0 Å². The maximum absolute atomic E-state index is 6.13. The summed E-state index contributed by atoms with van der Waals surface area (Å²) in [7, 11) is 0. The first kappa shape index (κ1) is 16.7. The summed E-state index contributed by atoms with van der Waals surface area (Å²) in [4.78, 5) is 4.33. The first-order valence-electron chi connectivity index (χ1n) is 8.13. The molecule has 1 aliphatic rings. The lowest BCUT2D eigenvalue weighted by Crippen LogP contribution is -2.42. The zero-order chi connectivity index (χ0) is 17.3. The van der Waals surface area contributed by atoms with Gasteiger partial charge in [-0.2, -0.15) is 0 Å². The number of benzene rings is 1. The van der Waals surface area contributed by atoms with Gasteiger partial charge in [-0.25, -0.2) is 4.98 Å². The Hall–Kier alpha value is -2.14. The fraction of sp³-hybridized carbons (Fsp3) is 0.368. The van der Waals surface area contributed by atoms with Crippen molar-refractivity contribution in [2.24, 2.45) is 0 Å². The van der Waals surface area contributed by atoms with Gasteiger partial charge in [0.15, 0.2) is 5.11 Å². The van der Waals surface area contributed by atoms with Crippen LogP contribution >= 0.6 is 12.2 Å². The molecular weight excluding hydrogens is 318 g/mol. The first-order valence-corrected chi connectivity index (χ1v) is 8.53. The molecule has 0 amide bonds. The van der Waals surface area contributed by atoms with E-state index in [1.807, 2.05) is 19.1 Å². The molecule has 5 heteroatoms. The van der Waals surface area contributed by atoms with Crippen LogP contribution in [-0.4, -0.2) is 15.7 Å². The number of anilines is 1. The third-order valence-corrected chi connectivity index (χ3v) is 4.39. The lowest BCUT2D eigenvalue weighted by molar-refractivity contribution is 0.0696. The number of nitrogens with zero attached hydrogens (tertiary/aromatic N) is 1. The lowest BCUT2D eigenvalue weighted by Gasteiger charge is -2.38. The Balaban J connectivity index is 1.79. The number of fused-ring (bicyclic) bond motifs is 1. The molecule has 0 unspecified atom stereocenters. The van der Waals surface area contributed by atoms with Gasteiger partial charge in [0.25, 0.3) is 0 Å². The van der Waals surface area contributed by atoms with Gasteiger partial charge in [0.1, 0.15) is 17.2 Å². The van der Waals surface area contributed by atoms with Crippen LogP contribution < -0.4 is 15.4 Å². The van der Waals surface area contributed by atoms with E-state index in [0.29, 0.717) is 5.11 Å². The number of rotatable bonds is 2. The van der Waals surface area contributed by atoms with Crippen molar-refractivity contribution in [2.75, 3.05) is 5.32 Å². The van der Waals surface area contributed by atoms with E-state index in [4.69, 9.17) is 17.0 Å². The number of hydrogen-bond acceptors (Lipinski definition) is 3. The first-order chi connectivity index (χ1) is 11.3. The molecule has 2 N–H and O–H groups in total. The molecule has 1 atom stereocenters. The summed E-state index contributed by atoms with van der Waals surface area (Å²) in [5.41, 5.74) is 3.15. The van der Waals surface area contributed by atoms with E-state index in [0.717, 1.165) is 29.1 Å². The monoisotopic (exact) mass is 341 g/mol. The smallest absolute Gasteiger partial charge is 0.172 e. The average molecular weight is 341 g/mol. The van der Waals surface area contributed by atoms with Crippen molar-refractivity contribution in [1.82, 2.24) is 10.3 Å².